The number of rotatable bonds is 6. The quantitative estimate of drug-likeness (QED) is 0.479. The summed E-state index contributed by atoms with van der Waals surface area (Å²) in [6.45, 7) is 2.06. The molecule has 0 atom stereocenters. The highest BCUT2D eigenvalue weighted by molar-refractivity contribution is 5.72. The summed E-state index contributed by atoms with van der Waals surface area (Å²) in [5.74, 6) is 1.06. The molecule has 0 fully saturated rings. The maximum absolute atomic E-state index is 10.7. The minimum absolute atomic E-state index is 0.0356. The van der Waals surface area contributed by atoms with E-state index in [-0.39, 0.29) is 11.5 Å². The van der Waals surface area contributed by atoms with Gasteiger partial charge in [-0.2, -0.15) is 9.78 Å². The van der Waals surface area contributed by atoms with E-state index < -0.39 is 0 Å². The van der Waals surface area contributed by atoms with Crippen molar-refractivity contribution in [3.63, 3.8) is 0 Å². The molecule has 2 aromatic carbocycles. The molecular formula is C28H26N2O4. The number of benzene rings is 2. The maximum Gasteiger partial charge on any atom is 0.257 e. The summed E-state index contributed by atoms with van der Waals surface area (Å²) in [6.07, 6.45) is 14.1. The fourth-order valence-electron chi connectivity index (χ4n) is 4.10. The van der Waals surface area contributed by atoms with E-state index in [2.05, 4.69) is 42.4 Å². The van der Waals surface area contributed by atoms with Crippen LogP contribution in [0.15, 0.2) is 90.7 Å². The van der Waals surface area contributed by atoms with Crippen LogP contribution in [-0.2, 0) is 22.3 Å². The standard InChI is InChI=1S/C28H26N2O4/c1-19-7-9-20(10-8-19)11-12-22-15-23(26(32)16-25(22)31)24-13-14-29-30(24)28-18-33-17-27(34-28)21-5-3-2-4-6-21/h2-3,5,7-10,13-18,31-32H,4,6,11-12H2,1H3. The Morgan fingerprint density at radius 1 is 1.00 bits per heavy atom. The lowest BCUT2D eigenvalue weighted by atomic mass is 9.99. The Hall–Kier alpha value is -4.19. The summed E-state index contributed by atoms with van der Waals surface area (Å²) in [5.41, 5.74) is 5.37. The van der Waals surface area contributed by atoms with E-state index >= 15 is 0 Å². The average molecular weight is 455 g/mol. The van der Waals surface area contributed by atoms with Crippen molar-refractivity contribution < 1.29 is 19.7 Å². The smallest absolute Gasteiger partial charge is 0.257 e. The van der Waals surface area contributed by atoms with Crippen molar-refractivity contribution in [2.75, 3.05) is 0 Å². The largest absolute Gasteiger partial charge is 0.508 e. The van der Waals surface area contributed by atoms with E-state index in [1.54, 1.807) is 23.2 Å². The zero-order chi connectivity index (χ0) is 23.5. The highest BCUT2D eigenvalue weighted by Gasteiger charge is 2.21. The summed E-state index contributed by atoms with van der Waals surface area (Å²) in [6, 6.07) is 13.3. The number of hydrogen-bond donors (Lipinski definition) is 2. The molecule has 6 heteroatoms. The zero-order valence-electron chi connectivity index (χ0n) is 18.9. The second kappa shape index (κ2) is 9.35. The van der Waals surface area contributed by atoms with Gasteiger partial charge < -0.3 is 19.7 Å². The Morgan fingerprint density at radius 3 is 2.65 bits per heavy atom. The van der Waals surface area contributed by atoms with Crippen molar-refractivity contribution >= 4 is 5.88 Å². The molecule has 0 spiro atoms. The number of aromatic hydroxyl groups is 2. The highest BCUT2D eigenvalue weighted by atomic mass is 16.6. The highest BCUT2D eigenvalue weighted by Crippen LogP contribution is 2.37. The lowest BCUT2D eigenvalue weighted by Gasteiger charge is -2.20. The molecule has 1 aliphatic heterocycles. The maximum atomic E-state index is 10.7. The lowest BCUT2D eigenvalue weighted by Crippen LogP contribution is -2.10. The third kappa shape index (κ3) is 4.48. The number of phenolic OH excluding ortho intramolecular Hbond substituents is 2. The van der Waals surface area contributed by atoms with E-state index in [9.17, 15) is 10.2 Å². The number of allylic oxidation sites excluding steroid dienone is 4. The van der Waals surface area contributed by atoms with Crippen LogP contribution in [0, 0.1) is 6.92 Å². The van der Waals surface area contributed by atoms with Crippen molar-refractivity contribution in [1.29, 1.82) is 0 Å². The second-order valence-corrected chi connectivity index (χ2v) is 8.45. The van der Waals surface area contributed by atoms with Gasteiger partial charge in [0.1, 0.15) is 17.8 Å². The van der Waals surface area contributed by atoms with Crippen LogP contribution in [0.2, 0.25) is 0 Å². The Bertz CT molecular complexity index is 1330. The lowest BCUT2D eigenvalue weighted by molar-refractivity contribution is 0.265. The predicted molar refractivity (Wildman–Crippen MR) is 131 cm³/mol. The molecule has 2 heterocycles. The number of ether oxygens (including phenoxy) is 2. The fraction of sp³-hybridized carbons (Fsp3) is 0.179. The van der Waals surface area contributed by atoms with Crippen LogP contribution < -0.4 is 0 Å². The van der Waals surface area contributed by atoms with E-state index in [4.69, 9.17) is 9.47 Å². The Morgan fingerprint density at radius 2 is 1.85 bits per heavy atom. The molecule has 0 saturated heterocycles. The Balaban J connectivity index is 1.41. The van der Waals surface area contributed by atoms with Gasteiger partial charge in [0.15, 0.2) is 12.0 Å². The molecule has 0 unspecified atom stereocenters. The van der Waals surface area contributed by atoms with Gasteiger partial charge in [0.2, 0.25) is 0 Å². The van der Waals surface area contributed by atoms with Crippen LogP contribution in [0.4, 0.5) is 0 Å². The molecule has 2 aliphatic rings. The average Bonchev–Trinajstić information content (AvgIpc) is 3.35. The van der Waals surface area contributed by atoms with Crippen molar-refractivity contribution in [3.8, 4) is 22.8 Å². The van der Waals surface area contributed by atoms with Crippen LogP contribution in [0.1, 0.15) is 29.5 Å². The molecule has 3 aromatic rings. The Kier molecular flexibility index (Phi) is 5.95. The number of phenols is 2. The van der Waals surface area contributed by atoms with Gasteiger partial charge in [0, 0.05) is 11.6 Å². The number of aromatic nitrogens is 2. The van der Waals surface area contributed by atoms with E-state index in [0.717, 1.165) is 30.4 Å². The van der Waals surface area contributed by atoms with Gasteiger partial charge in [-0.25, -0.2) is 0 Å². The van der Waals surface area contributed by atoms with Crippen molar-refractivity contribution in [1.82, 2.24) is 9.78 Å². The first-order valence-electron chi connectivity index (χ1n) is 11.3. The topological polar surface area (TPSA) is 76.7 Å². The fourth-order valence-corrected chi connectivity index (χ4v) is 4.10. The summed E-state index contributed by atoms with van der Waals surface area (Å²) in [5, 5.41) is 25.5. The molecular weight excluding hydrogens is 428 g/mol. The number of nitrogens with zero attached hydrogens (tertiary/aromatic N) is 2. The second-order valence-electron chi connectivity index (χ2n) is 8.45. The van der Waals surface area contributed by atoms with Gasteiger partial charge in [-0.15, -0.1) is 0 Å². The molecule has 2 N–H and O–H groups in total. The zero-order valence-corrected chi connectivity index (χ0v) is 18.9. The Labute approximate surface area is 198 Å². The molecule has 34 heavy (non-hydrogen) atoms. The van der Waals surface area contributed by atoms with E-state index in [1.807, 2.05) is 18.2 Å². The van der Waals surface area contributed by atoms with Crippen LogP contribution >= 0.6 is 0 Å². The first-order valence-corrected chi connectivity index (χ1v) is 11.3. The van der Waals surface area contributed by atoms with Gasteiger partial charge in [-0.3, -0.25) is 0 Å². The molecule has 6 nitrogen and oxygen atoms in total. The van der Waals surface area contributed by atoms with Crippen molar-refractivity contribution in [3.05, 3.63) is 107 Å². The van der Waals surface area contributed by atoms with Crippen LogP contribution in [0.25, 0.3) is 17.1 Å². The normalized spacial score (nSPS) is 15.1. The summed E-state index contributed by atoms with van der Waals surface area (Å²) in [4.78, 5) is 0. The molecule has 0 amide bonds. The minimum Gasteiger partial charge on any atom is -0.508 e. The van der Waals surface area contributed by atoms with Gasteiger partial charge in [0.25, 0.3) is 5.88 Å². The third-order valence-electron chi connectivity index (χ3n) is 6.02. The SMILES string of the molecule is Cc1ccc(CCc2cc(-c3ccnn3C3=COC=C(C4=CC=CCC4)O3)c(O)cc2O)cc1. The molecule has 0 saturated carbocycles. The number of hydrogen-bond acceptors (Lipinski definition) is 5. The molecule has 1 aliphatic carbocycles. The van der Waals surface area contributed by atoms with Crippen LogP contribution in [0.3, 0.4) is 0 Å². The van der Waals surface area contributed by atoms with Gasteiger partial charge in [-0.1, -0.05) is 48.1 Å². The van der Waals surface area contributed by atoms with Gasteiger partial charge in [0.05, 0.1) is 11.9 Å². The summed E-state index contributed by atoms with van der Waals surface area (Å²) >= 11 is 0. The van der Waals surface area contributed by atoms with E-state index in [1.165, 1.54) is 23.5 Å². The number of aryl methyl sites for hydroxylation is 3. The minimum atomic E-state index is -0.0356. The molecule has 1 aromatic heterocycles. The molecule has 0 radical (unpaired) electrons. The van der Waals surface area contributed by atoms with Crippen LogP contribution in [-0.4, -0.2) is 20.0 Å². The van der Waals surface area contributed by atoms with Crippen molar-refractivity contribution in [2.45, 2.75) is 32.6 Å². The molecule has 172 valence electrons. The third-order valence-corrected chi connectivity index (χ3v) is 6.02. The van der Waals surface area contributed by atoms with Gasteiger partial charge in [-0.05, 0) is 61.4 Å². The summed E-state index contributed by atoms with van der Waals surface area (Å²) in [7, 11) is 0. The molecule has 0 bridgehead atoms. The molecule has 5 rings (SSSR count). The first kappa shape index (κ1) is 21.6. The predicted octanol–water partition coefficient (Wildman–Crippen LogP) is 5.98. The summed E-state index contributed by atoms with van der Waals surface area (Å²) < 4.78 is 13.2. The van der Waals surface area contributed by atoms with E-state index in [0.29, 0.717) is 29.3 Å². The van der Waals surface area contributed by atoms with Crippen molar-refractivity contribution in [2.24, 2.45) is 0 Å². The van der Waals surface area contributed by atoms with Crippen LogP contribution in [0.5, 0.6) is 11.5 Å². The monoisotopic (exact) mass is 454 g/mol. The first-order chi connectivity index (χ1) is 16.6. The van der Waals surface area contributed by atoms with Gasteiger partial charge >= 0.3 is 0 Å².